The Labute approximate surface area is 124 Å². The number of nitrogen functional groups attached to an aromatic ring is 1. The fraction of sp³-hybridized carbons (Fsp3) is 0.294. The van der Waals surface area contributed by atoms with E-state index < -0.39 is 0 Å². The van der Waals surface area contributed by atoms with Gasteiger partial charge in [0, 0.05) is 23.0 Å². The van der Waals surface area contributed by atoms with E-state index in [1.54, 1.807) is 6.07 Å². The van der Waals surface area contributed by atoms with Gasteiger partial charge in [-0.05, 0) is 43.5 Å². The van der Waals surface area contributed by atoms with Crippen molar-refractivity contribution in [2.45, 2.75) is 32.7 Å². The molecule has 1 aromatic heterocycles. The van der Waals surface area contributed by atoms with Gasteiger partial charge in [-0.2, -0.15) is 0 Å². The van der Waals surface area contributed by atoms with E-state index in [2.05, 4.69) is 18.0 Å². The lowest BCUT2D eigenvalue weighted by Gasteiger charge is -2.23. The topological polar surface area (TPSA) is 59.2 Å². The number of rotatable bonds is 2. The predicted octanol–water partition coefficient (Wildman–Crippen LogP) is 2.82. The number of hydrogen-bond donors (Lipinski definition) is 1. The average Bonchev–Trinajstić information content (AvgIpc) is 2.81. The Hall–Kier alpha value is -2.36. The molecule has 0 saturated heterocycles. The number of anilines is 2. The van der Waals surface area contributed by atoms with E-state index in [-0.39, 0.29) is 11.9 Å². The summed E-state index contributed by atoms with van der Waals surface area (Å²) in [7, 11) is 0. The maximum Gasteiger partial charge on any atom is 0.258 e. The maximum absolute atomic E-state index is 12.9. The predicted molar refractivity (Wildman–Crippen MR) is 84.4 cm³/mol. The summed E-state index contributed by atoms with van der Waals surface area (Å²) in [6.45, 7) is 4.08. The van der Waals surface area contributed by atoms with Crippen molar-refractivity contribution in [1.82, 2.24) is 4.98 Å². The third-order valence-electron chi connectivity index (χ3n) is 3.93. The average molecular weight is 281 g/mol. The number of para-hydroxylation sites is 1. The monoisotopic (exact) mass is 281 g/mol. The van der Waals surface area contributed by atoms with E-state index in [9.17, 15) is 4.79 Å². The van der Waals surface area contributed by atoms with Crippen LogP contribution in [0.3, 0.4) is 0 Å². The van der Waals surface area contributed by atoms with E-state index >= 15 is 0 Å². The van der Waals surface area contributed by atoms with Gasteiger partial charge in [-0.1, -0.05) is 25.1 Å². The van der Waals surface area contributed by atoms with Crippen molar-refractivity contribution in [3.05, 3.63) is 53.2 Å². The van der Waals surface area contributed by atoms with Crippen molar-refractivity contribution in [3.8, 4) is 0 Å². The Morgan fingerprint density at radius 3 is 2.90 bits per heavy atom. The fourth-order valence-corrected chi connectivity index (χ4v) is 2.93. The second kappa shape index (κ2) is 5.20. The summed E-state index contributed by atoms with van der Waals surface area (Å²) in [4.78, 5) is 19.0. The second-order valence-corrected chi connectivity index (χ2v) is 5.48. The molecule has 1 atom stereocenters. The van der Waals surface area contributed by atoms with E-state index in [0.29, 0.717) is 11.4 Å². The number of amides is 1. The molecule has 0 fully saturated rings. The van der Waals surface area contributed by atoms with Gasteiger partial charge in [-0.25, -0.2) is 4.98 Å². The normalized spacial score (nSPS) is 16.9. The molecule has 2 N–H and O–H groups in total. The largest absolute Gasteiger partial charge is 0.384 e. The summed E-state index contributed by atoms with van der Waals surface area (Å²) in [6.07, 6.45) is 1.65. The Bertz CT molecular complexity index is 696. The molecule has 4 heteroatoms. The van der Waals surface area contributed by atoms with Gasteiger partial charge in [0.25, 0.3) is 5.91 Å². The van der Waals surface area contributed by atoms with Crippen LogP contribution in [0, 0.1) is 0 Å². The highest BCUT2D eigenvalue weighted by Crippen LogP contribution is 2.33. The van der Waals surface area contributed by atoms with Crippen molar-refractivity contribution >= 4 is 17.4 Å². The third kappa shape index (κ3) is 2.37. The number of fused-ring (bicyclic) bond motifs is 1. The first-order chi connectivity index (χ1) is 10.1. The quantitative estimate of drug-likeness (QED) is 0.920. The van der Waals surface area contributed by atoms with Crippen molar-refractivity contribution in [3.63, 3.8) is 0 Å². The highest BCUT2D eigenvalue weighted by Gasteiger charge is 2.31. The zero-order valence-corrected chi connectivity index (χ0v) is 12.3. The van der Waals surface area contributed by atoms with Crippen LogP contribution in [-0.4, -0.2) is 16.9 Å². The molecule has 108 valence electrons. The number of hydrogen-bond acceptors (Lipinski definition) is 3. The number of pyridine rings is 1. The molecule has 0 bridgehead atoms. The molecule has 0 radical (unpaired) electrons. The number of benzene rings is 1. The van der Waals surface area contributed by atoms with Crippen LogP contribution >= 0.6 is 0 Å². The number of nitrogens with two attached hydrogens (primary N) is 1. The Morgan fingerprint density at radius 1 is 1.38 bits per heavy atom. The number of carbonyl (C=O) groups is 1. The van der Waals surface area contributed by atoms with Crippen molar-refractivity contribution < 1.29 is 4.79 Å². The second-order valence-electron chi connectivity index (χ2n) is 5.48. The molecular formula is C17H19N3O. The van der Waals surface area contributed by atoms with Crippen LogP contribution < -0.4 is 10.6 Å². The van der Waals surface area contributed by atoms with Crippen LogP contribution in [0.4, 0.5) is 11.5 Å². The molecule has 0 spiro atoms. The maximum atomic E-state index is 12.9. The number of aromatic nitrogens is 1. The molecule has 1 aliphatic heterocycles. The molecule has 1 aromatic carbocycles. The zero-order valence-electron chi connectivity index (χ0n) is 12.3. The van der Waals surface area contributed by atoms with E-state index in [4.69, 9.17) is 5.73 Å². The first-order valence-corrected chi connectivity index (χ1v) is 7.28. The Morgan fingerprint density at radius 2 is 2.14 bits per heavy atom. The SMILES string of the molecule is CCc1cc(C(=O)N2c3ccccc3CC2C)cc(N)n1. The minimum Gasteiger partial charge on any atom is -0.384 e. The minimum atomic E-state index is -0.00347. The van der Waals surface area contributed by atoms with Crippen LogP contribution in [-0.2, 0) is 12.8 Å². The van der Waals surface area contributed by atoms with E-state index in [1.165, 1.54) is 5.56 Å². The van der Waals surface area contributed by atoms with Gasteiger partial charge < -0.3 is 10.6 Å². The molecule has 4 nitrogen and oxygen atoms in total. The lowest BCUT2D eigenvalue weighted by atomic mass is 10.1. The van der Waals surface area contributed by atoms with Gasteiger partial charge in [-0.15, -0.1) is 0 Å². The summed E-state index contributed by atoms with van der Waals surface area (Å²) >= 11 is 0. The summed E-state index contributed by atoms with van der Waals surface area (Å²) in [5.41, 5.74) is 9.50. The van der Waals surface area contributed by atoms with Crippen LogP contribution in [0.5, 0.6) is 0 Å². The summed E-state index contributed by atoms with van der Waals surface area (Å²) in [6, 6.07) is 11.7. The van der Waals surface area contributed by atoms with Crippen molar-refractivity contribution in [2.24, 2.45) is 0 Å². The van der Waals surface area contributed by atoms with Gasteiger partial charge >= 0.3 is 0 Å². The highest BCUT2D eigenvalue weighted by molar-refractivity contribution is 6.08. The number of carbonyl (C=O) groups excluding carboxylic acids is 1. The van der Waals surface area contributed by atoms with Gasteiger partial charge in [0.15, 0.2) is 0 Å². The molecule has 21 heavy (non-hydrogen) atoms. The third-order valence-corrected chi connectivity index (χ3v) is 3.93. The highest BCUT2D eigenvalue weighted by atomic mass is 16.2. The van der Waals surface area contributed by atoms with Gasteiger partial charge in [-0.3, -0.25) is 4.79 Å². The van der Waals surface area contributed by atoms with Crippen molar-refractivity contribution in [2.75, 3.05) is 10.6 Å². The fourth-order valence-electron chi connectivity index (χ4n) is 2.93. The molecule has 1 aliphatic rings. The molecule has 0 aliphatic carbocycles. The molecule has 0 saturated carbocycles. The summed E-state index contributed by atoms with van der Waals surface area (Å²) in [5.74, 6) is 0.397. The number of nitrogens with zero attached hydrogens (tertiary/aromatic N) is 2. The molecule has 2 heterocycles. The van der Waals surface area contributed by atoms with Gasteiger partial charge in [0.05, 0.1) is 0 Å². The molecule has 2 aromatic rings. The summed E-state index contributed by atoms with van der Waals surface area (Å²) < 4.78 is 0. The first-order valence-electron chi connectivity index (χ1n) is 7.28. The smallest absolute Gasteiger partial charge is 0.258 e. The van der Waals surface area contributed by atoms with Gasteiger partial charge in [0.2, 0.25) is 0 Å². The lowest BCUT2D eigenvalue weighted by molar-refractivity contribution is 0.0981. The Kier molecular flexibility index (Phi) is 3.37. The first kappa shape index (κ1) is 13.6. The number of aryl methyl sites for hydroxylation is 1. The molecule has 1 unspecified atom stereocenters. The lowest BCUT2D eigenvalue weighted by Crippen LogP contribution is -2.35. The van der Waals surface area contributed by atoms with Crippen LogP contribution in [0.15, 0.2) is 36.4 Å². The van der Waals surface area contributed by atoms with Crippen LogP contribution in [0.25, 0.3) is 0 Å². The van der Waals surface area contributed by atoms with Crippen LogP contribution in [0.2, 0.25) is 0 Å². The summed E-state index contributed by atoms with van der Waals surface area (Å²) in [5, 5.41) is 0. The van der Waals surface area contributed by atoms with Crippen molar-refractivity contribution in [1.29, 1.82) is 0 Å². The van der Waals surface area contributed by atoms with Crippen LogP contribution in [0.1, 0.15) is 35.5 Å². The molecule has 3 rings (SSSR count). The zero-order chi connectivity index (χ0) is 15.0. The Balaban J connectivity index is 2.01. The molecule has 1 amide bonds. The standard InChI is InChI=1S/C17H19N3O/c1-3-14-9-13(10-16(18)19-14)17(21)20-11(2)8-12-6-4-5-7-15(12)20/h4-7,9-11H,3,8H2,1-2H3,(H2,18,19). The van der Waals surface area contributed by atoms with Gasteiger partial charge in [0.1, 0.15) is 5.82 Å². The van der Waals surface area contributed by atoms with E-state index in [1.807, 2.05) is 36.1 Å². The van der Waals surface area contributed by atoms with E-state index in [0.717, 1.165) is 24.2 Å². The molecular weight excluding hydrogens is 262 g/mol. The minimum absolute atomic E-state index is 0.00347.